The van der Waals surface area contributed by atoms with Crippen molar-refractivity contribution in [2.75, 3.05) is 6.61 Å². The number of ether oxygens (including phenoxy) is 2. The molecule has 0 N–H and O–H groups in total. The summed E-state index contributed by atoms with van der Waals surface area (Å²) in [6.07, 6.45) is 2.47. The van der Waals surface area contributed by atoms with E-state index in [-0.39, 0.29) is 6.61 Å². The van der Waals surface area contributed by atoms with Crippen LogP contribution < -0.4 is 9.47 Å². The molecule has 0 saturated carbocycles. The monoisotopic (exact) mass is 330 g/mol. The van der Waals surface area contributed by atoms with Gasteiger partial charge < -0.3 is 9.47 Å². The Balaban J connectivity index is 1.99. The lowest BCUT2D eigenvalue weighted by atomic mass is 10.1. The number of rotatable bonds is 6. The van der Waals surface area contributed by atoms with Crippen LogP contribution >= 0.6 is 11.6 Å². The third-order valence-corrected chi connectivity index (χ3v) is 3.92. The van der Waals surface area contributed by atoms with Crippen molar-refractivity contribution in [2.45, 2.75) is 20.3 Å². The van der Waals surface area contributed by atoms with Crippen LogP contribution in [-0.2, 0) is 11.2 Å². The molecule has 0 spiro atoms. The number of carbonyl (C=O) groups excluding carboxylic acids is 1. The highest BCUT2D eigenvalue weighted by Crippen LogP contribution is 2.26. The fraction of sp³-hybridized carbons (Fsp3) is 0.211. The molecule has 0 aliphatic heterocycles. The number of hydrogen-bond acceptors (Lipinski definition) is 3. The molecule has 2 rings (SSSR count). The summed E-state index contributed by atoms with van der Waals surface area (Å²) in [4.78, 5) is 12.0. The van der Waals surface area contributed by atoms with Gasteiger partial charge in [0.15, 0.2) is 6.61 Å². The van der Waals surface area contributed by atoms with Gasteiger partial charge in [0.1, 0.15) is 11.5 Å². The third-order valence-electron chi connectivity index (χ3n) is 3.32. The molecule has 0 aliphatic rings. The van der Waals surface area contributed by atoms with Crippen molar-refractivity contribution in [2.24, 2.45) is 0 Å². The molecule has 120 valence electrons. The Morgan fingerprint density at radius 1 is 1.22 bits per heavy atom. The van der Waals surface area contributed by atoms with E-state index < -0.39 is 5.97 Å². The van der Waals surface area contributed by atoms with E-state index in [2.05, 4.69) is 6.58 Å². The van der Waals surface area contributed by atoms with E-state index >= 15 is 0 Å². The van der Waals surface area contributed by atoms with Gasteiger partial charge in [0.05, 0.1) is 0 Å². The van der Waals surface area contributed by atoms with Crippen LogP contribution in [0.2, 0.25) is 5.02 Å². The lowest BCUT2D eigenvalue weighted by molar-refractivity contribution is -0.136. The van der Waals surface area contributed by atoms with Crippen LogP contribution in [-0.4, -0.2) is 12.6 Å². The van der Waals surface area contributed by atoms with E-state index in [0.29, 0.717) is 22.9 Å². The molecule has 0 aromatic heterocycles. The first-order valence-electron chi connectivity index (χ1n) is 7.30. The summed E-state index contributed by atoms with van der Waals surface area (Å²) >= 11 is 6.10. The van der Waals surface area contributed by atoms with Crippen LogP contribution in [0.5, 0.6) is 11.5 Å². The highest BCUT2D eigenvalue weighted by molar-refractivity contribution is 6.32. The number of para-hydroxylation sites is 1. The minimum atomic E-state index is -0.459. The van der Waals surface area contributed by atoms with Gasteiger partial charge in [-0.25, -0.2) is 4.79 Å². The molecule has 0 amide bonds. The number of esters is 1. The van der Waals surface area contributed by atoms with Crippen LogP contribution in [0.4, 0.5) is 0 Å². The first-order chi connectivity index (χ1) is 11.0. The quantitative estimate of drug-likeness (QED) is 0.438. The van der Waals surface area contributed by atoms with E-state index in [1.54, 1.807) is 18.2 Å². The Kier molecular flexibility index (Phi) is 5.83. The Bertz CT molecular complexity index is 699. The largest absolute Gasteiger partial charge is 0.482 e. The standard InChI is InChI=1S/C19H19ClO3/c1-4-7-15-8-5-6-9-17(15)22-12-18(21)23-16-10-13(2)19(20)14(3)11-16/h4-6,8-11H,1,7,12H2,2-3H3. The topological polar surface area (TPSA) is 35.5 Å². The second-order valence-electron chi connectivity index (χ2n) is 5.23. The second-order valence-corrected chi connectivity index (χ2v) is 5.61. The minimum Gasteiger partial charge on any atom is -0.482 e. The van der Waals surface area contributed by atoms with Gasteiger partial charge in [-0.1, -0.05) is 35.9 Å². The lowest BCUT2D eigenvalue weighted by Crippen LogP contribution is -2.18. The van der Waals surface area contributed by atoms with Crippen molar-refractivity contribution in [3.05, 3.63) is 70.8 Å². The van der Waals surface area contributed by atoms with Gasteiger partial charge in [-0.15, -0.1) is 6.58 Å². The van der Waals surface area contributed by atoms with Crippen LogP contribution in [0.1, 0.15) is 16.7 Å². The van der Waals surface area contributed by atoms with Crippen molar-refractivity contribution >= 4 is 17.6 Å². The summed E-state index contributed by atoms with van der Waals surface area (Å²) < 4.78 is 10.9. The Morgan fingerprint density at radius 2 is 1.87 bits per heavy atom. The fourth-order valence-corrected chi connectivity index (χ4v) is 2.34. The summed E-state index contributed by atoms with van der Waals surface area (Å²) in [5, 5.41) is 0.680. The van der Waals surface area contributed by atoms with Gasteiger partial charge in [-0.05, 0) is 55.2 Å². The van der Waals surface area contributed by atoms with E-state index in [4.69, 9.17) is 21.1 Å². The predicted molar refractivity (Wildman–Crippen MR) is 92.4 cm³/mol. The molecular weight excluding hydrogens is 312 g/mol. The van der Waals surface area contributed by atoms with E-state index in [1.165, 1.54) is 0 Å². The van der Waals surface area contributed by atoms with Crippen molar-refractivity contribution in [3.63, 3.8) is 0 Å². The molecule has 0 heterocycles. The van der Waals surface area contributed by atoms with Gasteiger partial charge >= 0.3 is 5.97 Å². The fourth-order valence-electron chi connectivity index (χ4n) is 2.23. The summed E-state index contributed by atoms with van der Waals surface area (Å²) in [5.41, 5.74) is 2.71. The maximum atomic E-state index is 12.0. The smallest absolute Gasteiger partial charge is 0.349 e. The molecule has 0 saturated heterocycles. The van der Waals surface area contributed by atoms with Gasteiger partial charge in [0.25, 0.3) is 0 Å². The molecule has 0 unspecified atom stereocenters. The van der Waals surface area contributed by atoms with Crippen LogP contribution in [0.25, 0.3) is 0 Å². The van der Waals surface area contributed by atoms with Crippen LogP contribution in [0.15, 0.2) is 49.1 Å². The number of aryl methyl sites for hydroxylation is 2. The molecule has 3 nitrogen and oxygen atoms in total. The Hall–Kier alpha value is -2.26. The summed E-state index contributed by atoms with van der Waals surface area (Å²) in [6, 6.07) is 11.0. The highest BCUT2D eigenvalue weighted by Gasteiger charge is 2.10. The predicted octanol–water partition coefficient (Wildman–Crippen LogP) is 4.67. The molecule has 0 aliphatic carbocycles. The normalized spacial score (nSPS) is 10.2. The number of halogens is 1. The summed E-state index contributed by atoms with van der Waals surface area (Å²) in [7, 11) is 0. The van der Waals surface area contributed by atoms with Gasteiger partial charge in [0.2, 0.25) is 0 Å². The van der Waals surface area contributed by atoms with Crippen molar-refractivity contribution in [1.82, 2.24) is 0 Å². The molecule has 2 aromatic rings. The summed E-state index contributed by atoms with van der Waals surface area (Å²) in [5.74, 6) is 0.671. The average molecular weight is 331 g/mol. The van der Waals surface area contributed by atoms with Gasteiger partial charge in [-0.3, -0.25) is 0 Å². The number of allylic oxidation sites excluding steroid dienone is 1. The maximum absolute atomic E-state index is 12.0. The third kappa shape index (κ3) is 4.60. The second kappa shape index (κ2) is 7.84. The van der Waals surface area contributed by atoms with Crippen LogP contribution in [0.3, 0.4) is 0 Å². The minimum absolute atomic E-state index is 0.158. The SMILES string of the molecule is C=CCc1ccccc1OCC(=O)Oc1cc(C)c(Cl)c(C)c1. The molecule has 2 aromatic carbocycles. The zero-order chi connectivity index (χ0) is 16.8. The molecule has 0 atom stereocenters. The van der Waals surface area contributed by atoms with E-state index in [1.807, 2.05) is 38.1 Å². The Labute approximate surface area is 141 Å². The molecule has 0 bridgehead atoms. The molecule has 0 radical (unpaired) electrons. The molecular formula is C19H19ClO3. The lowest BCUT2D eigenvalue weighted by Gasteiger charge is -2.11. The Morgan fingerprint density at radius 3 is 2.52 bits per heavy atom. The van der Waals surface area contributed by atoms with Crippen molar-refractivity contribution in [3.8, 4) is 11.5 Å². The average Bonchev–Trinajstić information content (AvgIpc) is 2.52. The zero-order valence-corrected chi connectivity index (χ0v) is 14.0. The van der Waals surface area contributed by atoms with Crippen molar-refractivity contribution in [1.29, 1.82) is 0 Å². The van der Waals surface area contributed by atoms with Crippen LogP contribution in [0, 0.1) is 13.8 Å². The summed E-state index contributed by atoms with van der Waals surface area (Å²) in [6.45, 7) is 7.30. The first kappa shape index (κ1) is 17.1. The van der Waals surface area contributed by atoms with Gasteiger partial charge in [0, 0.05) is 5.02 Å². The molecule has 23 heavy (non-hydrogen) atoms. The van der Waals surface area contributed by atoms with E-state index in [9.17, 15) is 4.79 Å². The van der Waals surface area contributed by atoms with Gasteiger partial charge in [-0.2, -0.15) is 0 Å². The maximum Gasteiger partial charge on any atom is 0.349 e. The number of benzene rings is 2. The zero-order valence-electron chi connectivity index (χ0n) is 13.3. The number of carbonyl (C=O) groups is 1. The van der Waals surface area contributed by atoms with E-state index in [0.717, 1.165) is 16.7 Å². The molecule has 0 fully saturated rings. The highest BCUT2D eigenvalue weighted by atomic mass is 35.5. The van der Waals surface area contributed by atoms with Crippen molar-refractivity contribution < 1.29 is 14.3 Å². The number of hydrogen-bond donors (Lipinski definition) is 0. The first-order valence-corrected chi connectivity index (χ1v) is 7.68. The molecule has 4 heteroatoms.